The molecule has 15 heteroatoms. The topological polar surface area (TPSA) is 85.2 Å². The van der Waals surface area contributed by atoms with Crippen LogP contribution in [-0.4, -0.2) is 120 Å². The van der Waals surface area contributed by atoms with E-state index < -0.39 is 34.2 Å². The highest BCUT2D eigenvalue weighted by Crippen LogP contribution is 2.40. The summed E-state index contributed by atoms with van der Waals surface area (Å²) in [7, 11) is -0.815. The summed E-state index contributed by atoms with van der Waals surface area (Å²) in [6.07, 6.45) is -1.47. The lowest BCUT2D eigenvalue weighted by Crippen LogP contribution is -2.43. The molecular weight excluding hydrogens is 632 g/mol. The van der Waals surface area contributed by atoms with Gasteiger partial charge in [0, 0.05) is 87.3 Å². The molecule has 2 aromatic rings. The SMILES string of the molecule is CN(C)S(=O)(=O)N1CCc2c(c(-c3ccc(C(F)(F)F)c(SCCN4CCC(F)CC4)c3)nn2C[C@@H](O)CN2CCCCC2)C1. The van der Waals surface area contributed by atoms with Gasteiger partial charge >= 0.3 is 6.18 Å². The van der Waals surface area contributed by atoms with Crippen LogP contribution in [0.1, 0.15) is 48.9 Å². The van der Waals surface area contributed by atoms with Crippen LogP contribution in [-0.2, 0) is 35.9 Å². The van der Waals surface area contributed by atoms with Gasteiger partial charge in [0.2, 0.25) is 0 Å². The van der Waals surface area contributed by atoms with E-state index in [9.17, 15) is 31.1 Å². The number of β-amino-alcohol motifs (C(OH)–C–C–N with tert-alkyl or cyclic N) is 1. The molecule has 1 aromatic carbocycles. The number of thioether (sulfide) groups is 1. The molecule has 3 aliphatic heterocycles. The molecule has 2 fully saturated rings. The van der Waals surface area contributed by atoms with Crippen LogP contribution in [0.5, 0.6) is 0 Å². The molecule has 4 heterocycles. The summed E-state index contributed by atoms with van der Waals surface area (Å²) in [5.74, 6) is 0.410. The zero-order chi connectivity index (χ0) is 32.4. The van der Waals surface area contributed by atoms with Crippen LogP contribution in [0.25, 0.3) is 11.3 Å². The van der Waals surface area contributed by atoms with Gasteiger partial charge in [-0.05, 0) is 50.9 Å². The van der Waals surface area contributed by atoms with Gasteiger partial charge in [0.25, 0.3) is 10.2 Å². The van der Waals surface area contributed by atoms with Crippen LogP contribution < -0.4 is 0 Å². The minimum Gasteiger partial charge on any atom is -0.390 e. The monoisotopic (exact) mass is 676 g/mol. The maximum absolute atomic E-state index is 14.1. The third kappa shape index (κ3) is 8.40. The van der Waals surface area contributed by atoms with Crippen molar-refractivity contribution in [2.45, 2.75) is 75.0 Å². The number of hydrogen-bond donors (Lipinski definition) is 1. The Hall–Kier alpha value is -1.75. The Kier molecular flexibility index (Phi) is 11.2. The van der Waals surface area contributed by atoms with Gasteiger partial charge in [-0.2, -0.15) is 35.3 Å². The van der Waals surface area contributed by atoms with Crippen LogP contribution in [0.4, 0.5) is 17.6 Å². The number of likely N-dealkylation sites (tertiary alicyclic amines) is 2. The fraction of sp³-hybridized carbons (Fsp3) is 0.700. The van der Waals surface area contributed by atoms with Crippen molar-refractivity contribution in [3.63, 3.8) is 0 Å². The Morgan fingerprint density at radius 3 is 2.42 bits per heavy atom. The van der Waals surface area contributed by atoms with Crippen LogP contribution in [0.3, 0.4) is 0 Å². The fourth-order valence-corrected chi connectivity index (χ4v) is 8.60. The van der Waals surface area contributed by atoms with Crippen molar-refractivity contribution in [2.75, 3.05) is 65.7 Å². The highest BCUT2D eigenvalue weighted by molar-refractivity contribution is 7.99. The van der Waals surface area contributed by atoms with Crippen molar-refractivity contribution in [1.29, 1.82) is 0 Å². The van der Waals surface area contributed by atoms with E-state index >= 15 is 0 Å². The summed E-state index contributed by atoms with van der Waals surface area (Å²) in [5.41, 5.74) is 1.59. The molecule has 252 valence electrons. The number of aliphatic hydroxyl groups is 1. The summed E-state index contributed by atoms with van der Waals surface area (Å²) in [4.78, 5) is 4.38. The number of aliphatic hydroxyl groups excluding tert-OH is 1. The Morgan fingerprint density at radius 1 is 1.04 bits per heavy atom. The summed E-state index contributed by atoms with van der Waals surface area (Å²) in [6, 6.07) is 3.97. The number of benzene rings is 1. The van der Waals surface area contributed by atoms with Gasteiger partial charge in [-0.15, -0.1) is 11.8 Å². The molecule has 5 rings (SSSR count). The first-order valence-electron chi connectivity index (χ1n) is 15.7. The van der Waals surface area contributed by atoms with E-state index in [1.165, 1.54) is 37.0 Å². The Morgan fingerprint density at radius 2 is 1.76 bits per heavy atom. The molecule has 0 radical (unpaired) electrons. The largest absolute Gasteiger partial charge is 0.417 e. The molecule has 0 saturated carbocycles. The first kappa shape index (κ1) is 34.6. The number of alkyl halides is 4. The summed E-state index contributed by atoms with van der Waals surface area (Å²) < 4.78 is 86.1. The second kappa shape index (κ2) is 14.6. The first-order chi connectivity index (χ1) is 21.3. The van der Waals surface area contributed by atoms with Crippen molar-refractivity contribution >= 4 is 22.0 Å². The van der Waals surface area contributed by atoms with E-state index in [2.05, 4.69) is 9.80 Å². The smallest absolute Gasteiger partial charge is 0.390 e. The van der Waals surface area contributed by atoms with E-state index in [0.717, 1.165) is 53.8 Å². The number of hydrogen-bond acceptors (Lipinski definition) is 7. The maximum atomic E-state index is 14.1. The summed E-state index contributed by atoms with van der Waals surface area (Å²) >= 11 is 1.11. The molecule has 3 aliphatic rings. The average molecular weight is 677 g/mol. The van der Waals surface area contributed by atoms with Gasteiger partial charge < -0.3 is 14.9 Å². The number of rotatable bonds is 11. The minimum atomic E-state index is -4.55. The lowest BCUT2D eigenvalue weighted by atomic mass is 10.0. The van der Waals surface area contributed by atoms with Crippen molar-refractivity contribution in [1.82, 2.24) is 28.2 Å². The molecule has 0 aliphatic carbocycles. The lowest BCUT2D eigenvalue weighted by Gasteiger charge is -2.30. The second-order valence-electron chi connectivity index (χ2n) is 12.4. The maximum Gasteiger partial charge on any atom is 0.417 e. The van der Waals surface area contributed by atoms with Crippen LogP contribution in [0.15, 0.2) is 23.1 Å². The molecule has 1 atom stereocenters. The van der Waals surface area contributed by atoms with Crippen molar-refractivity contribution < 1.29 is 31.1 Å². The molecule has 1 N–H and O–H groups in total. The molecule has 0 spiro atoms. The second-order valence-corrected chi connectivity index (χ2v) is 15.7. The predicted octanol–water partition coefficient (Wildman–Crippen LogP) is 4.11. The molecule has 45 heavy (non-hydrogen) atoms. The molecule has 0 bridgehead atoms. The van der Waals surface area contributed by atoms with Crippen LogP contribution in [0.2, 0.25) is 0 Å². The standard InChI is InChI=1S/C30H44F4N6O3S2/c1-36(2)45(42,43)39-15-10-27-25(21-39)29(35-40(27)20-24(41)19-38-11-4-3-5-12-38)22-6-7-26(30(32,33)34)28(18-22)44-17-16-37-13-8-23(31)9-14-37/h6-7,18,23-24,41H,3-5,8-17,19-21H2,1-2H3/t24-/m0/s1. The molecular formula is C30H44F4N6O3S2. The van der Waals surface area contributed by atoms with Gasteiger partial charge in [-0.3, -0.25) is 4.68 Å². The number of nitrogens with zero attached hydrogens (tertiary/aromatic N) is 6. The lowest BCUT2D eigenvalue weighted by molar-refractivity contribution is -0.139. The normalized spacial score (nSPS) is 20.5. The third-order valence-corrected chi connectivity index (χ3v) is 11.9. The quantitative estimate of drug-likeness (QED) is 0.284. The molecule has 9 nitrogen and oxygen atoms in total. The van der Waals surface area contributed by atoms with E-state index in [0.29, 0.717) is 68.0 Å². The van der Waals surface area contributed by atoms with E-state index in [1.54, 1.807) is 4.68 Å². The van der Waals surface area contributed by atoms with Gasteiger partial charge in [0.15, 0.2) is 0 Å². The summed E-state index contributed by atoms with van der Waals surface area (Å²) in [5, 5.41) is 15.8. The molecule has 2 saturated heterocycles. The fourth-order valence-electron chi connectivity index (χ4n) is 6.41. The van der Waals surface area contributed by atoms with Gasteiger partial charge in [-0.25, -0.2) is 4.39 Å². The zero-order valence-electron chi connectivity index (χ0n) is 26.0. The summed E-state index contributed by atoms with van der Waals surface area (Å²) in [6.45, 7) is 4.55. The van der Waals surface area contributed by atoms with Gasteiger partial charge in [0.1, 0.15) is 6.17 Å². The van der Waals surface area contributed by atoms with Crippen molar-refractivity contribution in [3.8, 4) is 11.3 Å². The molecule has 0 unspecified atom stereocenters. The van der Waals surface area contributed by atoms with Gasteiger partial charge in [0.05, 0.1) is 23.9 Å². The Labute approximate surface area is 267 Å². The van der Waals surface area contributed by atoms with E-state index in [-0.39, 0.29) is 24.5 Å². The zero-order valence-corrected chi connectivity index (χ0v) is 27.6. The van der Waals surface area contributed by atoms with Crippen molar-refractivity contribution in [3.05, 3.63) is 35.0 Å². The van der Waals surface area contributed by atoms with Crippen LogP contribution in [0, 0.1) is 0 Å². The number of halogens is 4. The van der Waals surface area contributed by atoms with E-state index in [4.69, 9.17) is 5.10 Å². The Balaban J connectivity index is 1.44. The minimum absolute atomic E-state index is 0.0292. The Bertz CT molecular complexity index is 1410. The predicted molar refractivity (Wildman–Crippen MR) is 167 cm³/mol. The molecule has 0 amide bonds. The number of fused-ring (bicyclic) bond motifs is 1. The van der Waals surface area contributed by atoms with Crippen LogP contribution >= 0.6 is 11.8 Å². The number of aromatic nitrogens is 2. The average Bonchev–Trinajstić information content (AvgIpc) is 3.35. The number of piperidine rings is 2. The molecule has 1 aromatic heterocycles. The van der Waals surface area contributed by atoms with Crippen molar-refractivity contribution in [2.24, 2.45) is 0 Å². The highest BCUT2D eigenvalue weighted by Gasteiger charge is 2.36. The first-order valence-corrected chi connectivity index (χ1v) is 18.1. The highest BCUT2D eigenvalue weighted by atomic mass is 32.2. The third-order valence-electron chi connectivity index (χ3n) is 8.93. The van der Waals surface area contributed by atoms with Gasteiger partial charge in [-0.1, -0.05) is 12.5 Å². The van der Waals surface area contributed by atoms with E-state index in [1.807, 2.05) is 0 Å².